The highest BCUT2D eigenvalue weighted by Gasteiger charge is 2.19. The summed E-state index contributed by atoms with van der Waals surface area (Å²) in [6.45, 7) is 8.41. The van der Waals surface area contributed by atoms with Crippen LogP contribution in [0.2, 0.25) is 0 Å². The second kappa shape index (κ2) is 9.33. The molecule has 0 heterocycles. The summed E-state index contributed by atoms with van der Waals surface area (Å²) in [5.41, 5.74) is 5.17. The van der Waals surface area contributed by atoms with Crippen LogP contribution in [0.1, 0.15) is 29.2 Å². The lowest BCUT2D eigenvalue weighted by Crippen LogP contribution is -2.45. The zero-order valence-corrected chi connectivity index (χ0v) is 16.8. The van der Waals surface area contributed by atoms with Gasteiger partial charge in [0.1, 0.15) is 0 Å². The third kappa shape index (κ3) is 5.93. The number of nitrogens with one attached hydrogen (secondary N) is 2. The van der Waals surface area contributed by atoms with Crippen molar-refractivity contribution in [3.8, 4) is 0 Å². The van der Waals surface area contributed by atoms with Crippen LogP contribution in [0, 0.1) is 20.8 Å². The molecule has 0 saturated carbocycles. The van der Waals surface area contributed by atoms with Crippen molar-refractivity contribution in [3.05, 3.63) is 64.7 Å². The zero-order chi connectivity index (χ0) is 20.0. The van der Waals surface area contributed by atoms with Crippen molar-refractivity contribution in [2.75, 3.05) is 18.9 Å². The van der Waals surface area contributed by atoms with Gasteiger partial charge in [-0.2, -0.15) is 0 Å². The first kappa shape index (κ1) is 20.6. The average Bonchev–Trinajstić information content (AvgIpc) is 2.64. The van der Waals surface area contributed by atoms with E-state index in [1.807, 2.05) is 57.8 Å². The molecular formula is C22H29N3O2. The molecule has 0 bridgehead atoms. The first-order valence-electron chi connectivity index (χ1n) is 9.17. The Labute approximate surface area is 161 Å². The first-order chi connectivity index (χ1) is 12.8. The molecule has 2 rings (SSSR count). The molecule has 27 heavy (non-hydrogen) atoms. The monoisotopic (exact) mass is 367 g/mol. The van der Waals surface area contributed by atoms with Gasteiger partial charge in [-0.1, -0.05) is 48.0 Å². The number of hydrogen-bond acceptors (Lipinski definition) is 3. The molecule has 0 saturated heterocycles. The molecule has 0 aliphatic heterocycles. The highest BCUT2D eigenvalue weighted by molar-refractivity contribution is 5.96. The molecule has 1 atom stereocenters. The molecule has 0 aromatic heterocycles. The summed E-state index contributed by atoms with van der Waals surface area (Å²) in [5, 5.41) is 5.60. The Morgan fingerprint density at radius 3 is 2.19 bits per heavy atom. The fraction of sp³-hybridized carbons (Fsp3) is 0.364. The van der Waals surface area contributed by atoms with Gasteiger partial charge in [0, 0.05) is 12.2 Å². The molecule has 144 valence electrons. The van der Waals surface area contributed by atoms with Crippen molar-refractivity contribution in [1.82, 2.24) is 10.2 Å². The van der Waals surface area contributed by atoms with Gasteiger partial charge in [-0.05, 0) is 51.4 Å². The lowest BCUT2D eigenvalue weighted by molar-refractivity contribution is -0.127. The van der Waals surface area contributed by atoms with E-state index in [0.717, 1.165) is 22.4 Å². The maximum absolute atomic E-state index is 12.4. The minimum Gasteiger partial charge on any atom is -0.346 e. The number of carbonyl (C=O) groups excluding carboxylic acids is 2. The maximum Gasteiger partial charge on any atom is 0.243 e. The standard InChI is InChI=1S/C22H29N3O2/c1-15-9-11-19(12-10-15)14-25(5)18(4)22(27)23-13-20(26)24-21-16(2)7-6-8-17(21)3/h6-12,18H,13-14H2,1-5H3,(H,23,27)(H,24,26)/t18-/m0/s1. The van der Waals surface area contributed by atoms with Crippen molar-refractivity contribution >= 4 is 17.5 Å². The van der Waals surface area contributed by atoms with Gasteiger partial charge in [0.05, 0.1) is 12.6 Å². The molecule has 2 aromatic rings. The van der Waals surface area contributed by atoms with Crippen molar-refractivity contribution in [3.63, 3.8) is 0 Å². The topological polar surface area (TPSA) is 61.4 Å². The zero-order valence-electron chi connectivity index (χ0n) is 16.8. The van der Waals surface area contributed by atoms with Crippen LogP contribution >= 0.6 is 0 Å². The van der Waals surface area contributed by atoms with Crippen LogP contribution in [0.3, 0.4) is 0 Å². The Morgan fingerprint density at radius 2 is 1.59 bits per heavy atom. The number of anilines is 1. The minimum atomic E-state index is -0.334. The Kier molecular flexibility index (Phi) is 7.13. The SMILES string of the molecule is Cc1ccc(CN(C)[C@@H](C)C(=O)NCC(=O)Nc2c(C)cccc2C)cc1. The van der Waals surface area contributed by atoms with Crippen molar-refractivity contribution in [2.45, 2.75) is 40.3 Å². The predicted octanol–water partition coefficient (Wildman–Crippen LogP) is 3.19. The summed E-state index contributed by atoms with van der Waals surface area (Å²) in [6, 6.07) is 13.8. The number of aryl methyl sites for hydroxylation is 3. The molecule has 0 fully saturated rings. The molecule has 0 aliphatic rings. The number of benzene rings is 2. The Morgan fingerprint density at radius 1 is 1.00 bits per heavy atom. The number of nitrogens with zero attached hydrogens (tertiary/aromatic N) is 1. The summed E-state index contributed by atoms with van der Waals surface area (Å²) >= 11 is 0. The van der Waals surface area contributed by atoms with Gasteiger partial charge in [-0.15, -0.1) is 0 Å². The van der Waals surface area contributed by atoms with E-state index in [1.54, 1.807) is 0 Å². The summed E-state index contributed by atoms with van der Waals surface area (Å²) in [4.78, 5) is 26.5. The fourth-order valence-electron chi connectivity index (χ4n) is 2.83. The van der Waals surface area contributed by atoms with Gasteiger partial charge >= 0.3 is 0 Å². The van der Waals surface area contributed by atoms with Gasteiger partial charge in [0.15, 0.2) is 0 Å². The lowest BCUT2D eigenvalue weighted by atomic mass is 10.1. The van der Waals surface area contributed by atoms with Gasteiger partial charge < -0.3 is 10.6 Å². The van der Waals surface area contributed by atoms with E-state index in [4.69, 9.17) is 0 Å². The number of hydrogen-bond donors (Lipinski definition) is 2. The van der Waals surface area contributed by atoms with E-state index in [1.165, 1.54) is 5.56 Å². The van der Waals surface area contributed by atoms with E-state index in [-0.39, 0.29) is 24.4 Å². The number of amides is 2. The van der Waals surface area contributed by atoms with E-state index < -0.39 is 0 Å². The largest absolute Gasteiger partial charge is 0.346 e. The molecule has 0 aliphatic carbocycles. The van der Waals surface area contributed by atoms with Gasteiger partial charge in [0.25, 0.3) is 0 Å². The summed E-state index contributed by atoms with van der Waals surface area (Å²) in [6.07, 6.45) is 0. The molecule has 2 aromatic carbocycles. The molecule has 0 spiro atoms. The van der Waals surface area contributed by atoms with Crippen LogP contribution in [-0.4, -0.2) is 36.3 Å². The predicted molar refractivity (Wildman–Crippen MR) is 110 cm³/mol. The second-order valence-corrected chi connectivity index (χ2v) is 7.11. The van der Waals surface area contributed by atoms with Crippen LogP contribution in [0.4, 0.5) is 5.69 Å². The van der Waals surface area contributed by atoms with E-state index in [2.05, 4.69) is 34.9 Å². The molecule has 2 N–H and O–H groups in total. The number of para-hydroxylation sites is 1. The summed E-state index contributed by atoms with van der Waals surface area (Å²) in [7, 11) is 1.90. The van der Waals surface area contributed by atoms with Gasteiger partial charge in [-0.25, -0.2) is 0 Å². The van der Waals surface area contributed by atoms with Crippen molar-refractivity contribution in [1.29, 1.82) is 0 Å². The summed E-state index contributed by atoms with van der Waals surface area (Å²) in [5.74, 6) is -0.393. The van der Waals surface area contributed by atoms with Crippen LogP contribution in [0.15, 0.2) is 42.5 Å². The average molecular weight is 367 g/mol. The van der Waals surface area contributed by atoms with Gasteiger partial charge in [-0.3, -0.25) is 14.5 Å². The van der Waals surface area contributed by atoms with E-state index in [9.17, 15) is 9.59 Å². The first-order valence-corrected chi connectivity index (χ1v) is 9.17. The smallest absolute Gasteiger partial charge is 0.243 e. The normalized spacial score (nSPS) is 11.9. The van der Waals surface area contributed by atoms with Crippen LogP contribution in [-0.2, 0) is 16.1 Å². The third-order valence-electron chi connectivity index (χ3n) is 4.76. The molecular weight excluding hydrogens is 338 g/mol. The third-order valence-corrected chi connectivity index (χ3v) is 4.76. The molecule has 2 amide bonds. The van der Waals surface area contributed by atoms with E-state index in [0.29, 0.717) is 6.54 Å². The minimum absolute atomic E-state index is 0.0463. The Balaban J connectivity index is 1.84. The van der Waals surface area contributed by atoms with Crippen molar-refractivity contribution < 1.29 is 9.59 Å². The quantitative estimate of drug-likeness (QED) is 0.790. The Bertz CT molecular complexity index is 779. The lowest BCUT2D eigenvalue weighted by Gasteiger charge is -2.24. The molecule has 0 unspecified atom stereocenters. The fourth-order valence-corrected chi connectivity index (χ4v) is 2.83. The number of carbonyl (C=O) groups is 2. The highest BCUT2D eigenvalue weighted by Crippen LogP contribution is 2.19. The second-order valence-electron chi connectivity index (χ2n) is 7.11. The van der Waals surface area contributed by atoms with Crippen LogP contribution < -0.4 is 10.6 Å². The molecule has 5 nitrogen and oxygen atoms in total. The van der Waals surface area contributed by atoms with Crippen LogP contribution in [0.5, 0.6) is 0 Å². The van der Waals surface area contributed by atoms with E-state index >= 15 is 0 Å². The maximum atomic E-state index is 12.4. The van der Waals surface area contributed by atoms with Gasteiger partial charge in [0.2, 0.25) is 11.8 Å². The number of rotatable bonds is 7. The van der Waals surface area contributed by atoms with Crippen molar-refractivity contribution in [2.24, 2.45) is 0 Å². The summed E-state index contributed by atoms with van der Waals surface area (Å²) < 4.78 is 0. The highest BCUT2D eigenvalue weighted by atomic mass is 16.2. The van der Waals surface area contributed by atoms with Crippen LogP contribution in [0.25, 0.3) is 0 Å². The molecule has 5 heteroatoms. The number of likely N-dealkylation sites (N-methyl/N-ethyl adjacent to an activating group) is 1. The molecule has 0 radical (unpaired) electrons. The Hall–Kier alpha value is -2.66.